The van der Waals surface area contributed by atoms with Crippen LogP contribution in [0.3, 0.4) is 0 Å². The maximum atomic E-state index is 12.6. The molecule has 2 saturated carbocycles. The van der Waals surface area contributed by atoms with E-state index in [1.165, 1.54) is 11.1 Å². The van der Waals surface area contributed by atoms with E-state index in [2.05, 4.69) is 30.3 Å². The molecule has 0 radical (unpaired) electrons. The van der Waals surface area contributed by atoms with Crippen molar-refractivity contribution in [3.8, 4) is 0 Å². The average molecular weight is 303 g/mol. The maximum absolute atomic E-state index is 12.6. The number of carbonyl (C=O) groups excluding carboxylic acids is 1. The highest BCUT2D eigenvalue weighted by Gasteiger charge is 2.67. The molecule has 2 aromatic carbocycles. The molecule has 0 unspecified atom stereocenters. The van der Waals surface area contributed by atoms with Crippen molar-refractivity contribution < 1.29 is 9.63 Å². The predicted octanol–water partition coefficient (Wildman–Crippen LogP) is 3.54. The van der Waals surface area contributed by atoms with Gasteiger partial charge >= 0.3 is 0 Å². The van der Waals surface area contributed by atoms with E-state index in [0.29, 0.717) is 17.4 Å². The molecular weight excluding hydrogens is 286 g/mol. The van der Waals surface area contributed by atoms with Gasteiger partial charge in [0.2, 0.25) is 0 Å². The third-order valence-electron chi connectivity index (χ3n) is 5.24. The topological polar surface area (TPSA) is 29.5 Å². The Hall–Kier alpha value is -2.39. The number of benzene rings is 2. The Kier molecular flexibility index (Phi) is 2.73. The Balaban J connectivity index is 1.39. The maximum Gasteiger partial charge on any atom is 0.277 e. The molecule has 23 heavy (non-hydrogen) atoms. The van der Waals surface area contributed by atoms with Crippen LogP contribution in [0.2, 0.25) is 0 Å². The minimum atomic E-state index is -0.0116. The molecule has 1 amide bonds. The molecule has 0 N–H and O–H groups in total. The van der Waals surface area contributed by atoms with Gasteiger partial charge < -0.3 is 0 Å². The number of hydroxylamine groups is 2. The quantitative estimate of drug-likeness (QED) is 0.849. The van der Waals surface area contributed by atoms with Gasteiger partial charge in [-0.2, -0.15) is 0 Å². The van der Waals surface area contributed by atoms with Crippen LogP contribution < -0.4 is 0 Å². The van der Waals surface area contributed by atoms with Gasteiger partial charge in [-0.25, -0.2) is 5.06 Å². The molecule has 3 heteroatoms. The van der Waals surface area contributed by atoms with E-state index in [1.54, 1.807) is 5.06 Å². The highest BCUT2D eigenvalue weighted by molar-refractivity contribution is 5.94. The molecule has 5 rings (SSSR count). The second-order valence-corrected chi connectivity index (χ2v) is 6.55. The van der Waals surface area contributed by atoms with E-state index in [-0.39, 0.29) is 18.1 Å². The second kappa shape index (κ2) is 4.80. The summed E-state index contributed by atoms with van der Waals surface area (Å²) in [6.45, 7) is 0. The Morgan fingerprint density at radius 2 is 1.70 bits per heavy atom. The molecule has 114 valence electrons. The SMILES string of the molecule is O=C(c1ccccc1)N1O[C@@H]2C[C@H]1[C@H]1/C(=C/c3ccccc3)[C@H]12. The van der Waals surface area contributed by atoms with E-state index in [4.69, 9.17) is 4.84 Å². The predicted molar refractivity (Wildman–Crippen MR) is 87.3 cm³/mol. The second-order valence-electron chi connectivity index (χ2n) is 6.55. The summed E-state index contributed by atoms with van der Waals surface area (Å²) in [6, 6.07) is 20.0. The zero-order valence-electron chi connectivity index (χ0n) is 12.6. The van der Waals surface area contributed by atoms with Crippen molar-refractivity contribution in [2.45, 2.75) is 18.6 Å². The largest absolute Gasteiger partial charge is 0.277 e. The van der Waals surface area contributed by atoms with Crippen LogP contribution in [0.5, 0.6) is 0 Å². The average Bonchev–Trinajstić information content (AvgIpc) is 3.00. The van der Waals surface area contributed by atoms with Crippen molar-refractivity contribution in [2.24, 2.45) is 11.8 Å². The first kappa shape index (κ1) is 13.1. The van der Waals surface area contributed by atoms with Crippen LogP contribution in [0.1, 0.15) is 22.3 Å². The zero-order chi connectivity index (χ0) is 15.4. The van der Waals surface area contributed by atoms with Gasteiger partial charge in [0.25, 0.3) is 5.91 Å². The van der Waals surface area contributed by atoms with Gasteiger partial charge in [-0.15, -0.1) is 0 Å². The van der Waals surface area contributed by atoms with Gasteiger partial charge in [-0.1, -0.05) is 60.2 Å². The van der Waals surface area contributed by atoms with Gasteiger partial charge in [-0.3, -0.25) is 9.63 Å². The number of amides is 1. The number of hydrogen-bond acceptors (Lipinski definition) is 2. The highest BCUT2D eigenvalue weighted by Crippen LogP contribution is 2.63. The Morgan fingerprint density at radius 1 is 1.00 bits per heavy atom. The monoisotopic (exact) mass is 303 g/mol. The van der Waals surface area contributed by atoms with E-state index >= 15 is 0 Å². The minimum Gasteiger partial charge on any atom is -0.267 e. The summed E-state index contributed by atoms with van der Waals surface area (Å²) >= 11 is 0. The summed E-state index contributed by atoms with van der Waals surface area (Å²) < 4.78 is 0. The first-order valence-corrected chi connectivity index (χ1v) is 8.15. The van der Waals surface area contributed by atoms with Crippen molar-refractivity contribution in [2.75, 3.05) is 0 Å². The molecule has 2 aliphatic carbocycles. The molecule has 4 atom stereocenters. The summed E-state index contributed by atoms with van der Waals surface area (Å²) in [7, 11) is 0. The lowest BCUT2D eigenvalue weighted by Crippen LogP contribution is -2.38. The molecule has 2 aromatic rings. The van der Waals surface area contributed by atoms with Crippen LogP contribution in [-0.2, 0) is 4.84 Å². The Labute approximate surface area is 135 Å². The van der Waals surface area contributed by atoms with Gasteiger partial charge in [0.1, 0.15) is 0 Å². The van der Waals surface area contributed by atoms with Gasteiger partial charge in [0.15, 0.2) is 0 Å². The van der Waals surface area contributed by atoms with E-state index < -0.39 is 0 Å². The number of fused-ring (bicyclic) bond motifs is 5. The van der Waals surface area contributed by atoms with E-state index in [0.717, 1.165) is 6.42 Å². The van der Waals surface area contributed by atoms with Crippen molar-refractivity contribution in [1.82, 2.24) is 5.06 Å². The van der Waals surface area contributed by atoms with Gasteiger partial charge in [0, 0.05) is 23.8 Å². The highest BCUT2D eigenvalue weighted by atomic mass is 16.7. The number of carbonyl (C=O) groups is 1. The summed E-state index contributed by atoms with van der Waals surface area (Å²) in [5.41, 5.74) is 3.38. The fourth-order valence-electron chi connectivity index (χ4n) is 4.18. The molecule has 0 spiro atoms. The number of rotatable bonds is 2. The molecular formula is C20H17NO2. The summed E-state index contributed by atoms with van der Waals surface area (Å²) in [5, 5.41) is 1.63. The van der Waals surface area contributed by atoms with E-state index in [1.807, 2.05) is 36.4 Å². The zero-order valence-corrected chi connectivity index (χ0v) is 12.6. The van der Waals surface area contributed by atoms with Crippen molar-refractivity contribution in [3.63, 3.8) is 0 Å². The van der Waals surface area contributed by atoms with Crippen LogP contribution in [0, 0.1) is 11.8 Å². The lowest BCUT2D eigenvalue weighted by molar-refractivity contribution is -0.152. The fourth-order valence-corrected chi connectivity index (χ4v) is 4.18. The molecule has 1 aliphatic heterocycles. The minimum absolute atomic E-state index is 0.0116. The summed E-state index contributed by atoms with van der Waals surface area (Å²) in [5.74, 6) is 0.990. The summed E-state index contributed by atoms with van der Waals surface area (Å²) in [4.78, 5) is 18.6. The van der Waals surface area contributed by atoms with Crippen LogP contribution in [0.25, 0.3) is 6.08 Å². The molecule has 3 fully saturated rings. The lowest BCUT2D eigenvalue weighted by Gasteiger charge is -2.25. The molecule has 2 bridgehead atoms. The van der Waals surface area contributed by atoms with Crippen LogP contribution in [0.15, 0.2) is 66.2 Å². The fraction of sp³-hybridized carbons (Fsp3) is 0.250. The lowest BCUT2D eigenvalue weighted by atomic mass is 10.1. The number of hydrogen-bond donors (Lipinski definition) is 0. The smallest absolute Gasteiger partial charge is 0.267 e. The Bertz CT molecular complexity index is 784. The van der Waals surface area contributed by atoms with E-state index in [9.17, 15) is 4.79 Å². The standard InChI is InChI=1S/C20H17NO2/c22-20(14-9-5-2-6-10-14)21-16-12-17(23-21)19-15(18(16)19)11-13-7-3-1-4-8-13/h1-11,16-19H,12H2/b15-11-/t16-,17+,18+,19-/m0/s1. The van der Waals surface area contributed by atoms with Crippen molar-refractivity contribution in [3.05, 3.63) is 77.4 Å². The normalized spacial score (nSPS) is 32.2. The first-order chi connectivity index (χ1) is 11.3. The summed E-state index contributed by atoms with van der Waals surface area (Å²) in [6.07, 6.45) is 3.42. The number of nitrogens with zero attached hydrogens (tertiary/aromatic N) is 1. The van der Waals surface area contributed by atoms with Crippen LogP contribution in [-0.4, -0.2) is 23.1 Å². The van der Waals surface area contributed by atoms with Gasteiger partial charge in [0.05, 0.1) is 12.1 Å². The third-order valence-corrected chi connectivity index (χ3v) is 5.24. The van der Waals surface area contributed by atoms with Crippen LogP contribution in [0.4, 0.5) is 0 Å². The molecule has 3 nitrogen and oxygen atoms in total. The molecule has 3 aliphatic rings. The molecule has 0 aromatic heterocycles. The first-order valence-electron chi connectivity index (χ1n) is 8.15. The van der Waals surface area contributed by atoms with Crippen molar-refractivity contribution in [1.29, 1.82) is 0 Å². The Morgan fingerprint density at radius 3 is 2.43 bits per heavy atom. The molecule has 1 saturated heterocycles. The third kappa shape index (κ3) is 1.97. The van der Waals surface area contributed by atoms with Crippen molar-refractivity contribution >= 4 is 12.0 Å². The molecule has 1 heterocycles. The van der Waals surface area contributed by atoms with Crippen LogP contribution >= 0.6 is 0 Å². The van der Waals surface area contributed by atoms with Gasteiger partial charge in [-0.05, 0) is 17.7 Å².